The molecule has 10 nitrogen and oxygen atoms in total. The monoisotopic (exact) mass is 560 g/mol. The number of aromatic nitrogens is 2. The fourth-order valence-electron chi connectivity index (χ4n) is 3.15. The van der Waals surface area contributed by atoms with Crippen molar-refractivity contribution in [2.75, 3.05) is 30.8 Å². The quantitative estimate of drug-likeness (QED) is 0.241. The highest BCUT2D eigenvalue weighted by Gasteiger charge is 2.26. The topological polar surface area (TPSA) is 118 Å². The minimum Gasteiger partial charge on any atom is -0.444 e. The molecule has 0 radical (unpaired) electrons. The maximum Gasteiger partial charge on any atom is 0.410 e. The van der Waals surface area contributed by atoms with Gasteiger partial charge in [-0.2, -0.15) is 13.8 Å². The standard InChI is InChI=1S/C28H38F2N6O4/c1-7-15-31-23-20(18-33-26(35-23)34-21-13-11-14-22(17-21)39-25(29)30)12-9-8-10-16-32-24(37)19(2)36(6)27(38)40-28(3,4)5/h11,13-14,17-19,25H,7-8,10,15-16H2,1-6H3,(H,32,37)(H2,31,33,34,35)/t19-/m0/s1. The van der Waals surface area contributed by atoms with Gasteiger partial charge in [-0.05, 0) is 52.7 Å². The van der Waals surface area contributed by atoms with Gasteiger partial charge in [0.2, 0.25) is 11.9 Å². The Morgan fingerprint density at radius 3 is 2.62 bits per heavy atom. The molecule has 1 aromatic carbocycles. The molecule has 0 spiro atoms. The van der Waals surface area contributed by atoms with Gasteiger partial charge in [0.15, 0.2) is 0 Å². The van der Waals surface area contributed by atoms with Crippen LogP contribution in [0.15, 0.2) is 30.5 Å². The Kier molecular flexibility index (Phi) is 12.4. The number of nitrogens with one attached hydrogen (secondary N) is 3. The number of rotatable bonds is 12. The number of ether oxygens (including phenoxy) is 2. The summed E-state index contributed by atoms with van der Waals surface area (Å²) in [5.74, 6) is 6.68. The lowest BCUT2D eigenvalue weighted by Crippen LogP contribution is -2.47. The van der Waals surface area contributed by atoms with Crippen molar-refractivity contribution in [3.63, 3.8) is 0 Å². The Balaban J connectivity index is 1.93. The molecular formula is C28H38F2N6O4. The maximum absolute atomic E-state index is 12.5. The van der Waals surface area contributed by atoms with E-state index in [1.807, 2.05) is 6.92 Å². The van der Waals surface area contributed by atoms with E-state index in [1.54, 1.807) is 46.0 Å². The molecule has 1 heterocycles. The summed E-state index contributed by atoms with van der Waals surface area (Å²) in [6.45, 7) is 7.10. The summed E-state index contributed by atoms with van der Waals surface area (Å²) in [4.78, 5) is 34.6. The van der Waals surface area contributed by atoms with Crippen molar-refractivity contribution in [2.45, 2.75) is 72.1 Å². The number of amides is 2. The smallest absolute Gasteiger partial charge is 0.410 e. The van der Waals surface area contributed by atoms with E-state index in [0.717, 1.165) is 6.42 Å². The molecule has 218 valence electrons. The van der Waals surface area contributed by atoms with Crippen molar-refractivity contribution in [2.24, 2.45) is 0 Å². The molecule has 1 aromatic heterocycles. The van der Waals surface area contributed by atoms with Crippen molar-refractivity contribution in [3.05, 3.63) is 36.0 Å². The summed E-state index contributed by atoms with van der Waals surface area (Å²) in [6, 6.07) is 5.44. The molecule has 0 fully saturated rings. The van der Waals surface area contributed by atoms with Gasteiger partial charge in [-0.15, -0.1) is 0 Å². The molecule has 40 heavy (non-hydrogen) atoms. The lowest BCUT2D eigenvalue weighted by atomic mass is 10.2. The number of unbranched alkanes of at least 4 members (excludes halogenated alkanes) is 1. The second-order valence-corrected chi connectivity index (χ2v) is 9.88. The van der Waals surface area contributed by atoms with Crippen LogP contribution in [0.3, 0.4) is 0 Å². The van der Waals surface area contributed by atoms with E-state index >= 15 is 0 Å². The molecule has 2 aromatic rings. The molecule has 0 saturated carbocycles. The van der Waals surface area contributed by atoms with Gasteiger partial charge in [0.25, 0.3) is 0 Å². The maximum atomic E-state index is 12.5. The molecular weight excluding hydrogens is 522 g/mol. The first-order valence-electron chi connectivity index (χ1n) is 13.0. The van der Waals surface area contributed by atoms with E-state index in [9.17, 15) is 18.4 Å². The normalized spacial score (nSPS) is 11.6. The van der Waals surface area contributed by atoms with Crippen LogP contribution in [0.4, 0.5) is 31.0 Å². The van der Waals surface area contributed by atoms with Crippen LogP contribution in [0.25, 0.3) is 0 Å². The van der Waals surface area contributed by atoms with E-state index in [2.05, 4.69) is 42.5 Å². The molecule has 3 N–H and O–H groups in total. The summed E-state index contributed by atoms with van der Waals surface area (Å²) in [5.41, 5.74) is 0.450. The molecule has 0 bridgehead atoms. The Labute approximate surface area is 234 Å². The average molecular weight is 561 g/mol. The number of benzene rings is 1. The average Bonchev–Trinajstić information content (AvgIpc) is 2.88. The lowest BCUT2D eigenvalue weighted by Gasteiger charge is -2.28. The van der Waals surface area contributed by atoms with E-state index in [-0.39, 0.29) is 17.6 Å². The van der Waals surface area contributed by atoms with Gasteiger partial charge in [-0.3, -0.25) is 9.69 Å². The third-order valence-corrected chi connectivity index (χ3v) is 5.29. The zero-order valence-electron chi connectivity index (χ0n) is 23.8. The van der Waals surface area contributed by atoms with Crippen molar-refractivity contribution >= 4 is 29.5 Å². The molecule has 12 heteroatoms. The van der Waals surface area contributed by atoms with E-state index in [0.29, 0.717) is 43.0 Å². The predicted molar refractivity (Wildman–Crippen MR) is 150 cm³/mol. The van der Waals surface area contributed by atoms with Gasteiger partial charge < -0.3 is 25.4 Å². The summed E-state index contributed by atoms with van der Waals surface area (Å²) in [6.07, 6.45) is 3.01. The Bertz CT molecular complexity index is 1190. The van der Waals surface area contributed by atoms with Gasteiger partial charge in [0.05, 0.1) is 11.8 Å². The first kappa shape index (κ1) is 32.1. The van der Waals surface area contributed by atoms with Crippen molar-refractivity contribution in [1.29, 1.82) is 0 Å². The van der Waals surface area contributed by atoms with Gasteiger partial charge >= 0.3 is 12.7 Å². The second kappa shape index (κ2) is 15.5. The molecule has 2 rings (SSSR count). The molecule has 0 saturated heterocycles. The molecule has 0 aliphatic carbocycles. The molecule has 0 aliphatic heterocycles. The highest BCUT2D eigenvalue weighted by Crippen LogP contribution is 2.22. The van der Waals surface area contributed by atoms with E-state index in [4.69, 9.17) is 4.74 Å². The van der Waals surface area contributed by atoms with Crippen LogP contribution in [0.2, 0.25) is 0 Å². The van der Waals surface area contributed by atoms with Crippen molar-refractivity contribution in [3.8, 4) is 17.6 Å². The number of likely N-dealkylation sites (N-methyl/N-ethyl adjacent to an activating group) is 1. The SMILES string of the molecule is CCCNc1nc(Nc2cccc(OC(F)F)c2)ncc1C#CCCCNC(=O)[C@H](C)N(C)C(=O)OC(C)(C)C. The van der Waals surface area contributed by atoms with Gasteiger partial charge in [-0.1, -0.05) is 24.8 Å². The Morgan fingerprint density at radius 1 is 1.20 bits per heavy atom. The zero-order chi connectivity index (χ0) is 29.7. The van der Waals surface area contributed by atoms with Gasteiger partial charge in [-0.25, -0.2) is 9.78 Å². The second-order valence-electron chi connectivity index (χ2n) is 9.88. The summed E-state index contributed by atoms with van der Waals surface area (Å²) in [5, 5.41) is 9.02. The molecule has 1 atom stereocenters. The first-order valence-corrected chi connectivity index (χ1v) is 13.0. The zero-order valence-corrected chi connectivity index (χ0v) is 23.8. The first-order chi connectivity index (χ1) is 18.9. The number of alkyl halides is 2. The lowest BCUT2D eigenvalue weighted by molar-refractivity contribution is -0.125. The number of nitrogens with zero attached hydrogens (tertiary/aromatic N) is 3. The third kappa shape index (κ3) is 11.3. The number of anilines is 3. The van der Waals surface area contributed by atoms with Crippen LogP contribution < -0.4 is 20.7 Å². The minimum atomic E-state index is -2.92. The third-order valence-electron chi connectivity index (χ3n) is 5.29. The van der Waals surface area contributed by atoms with Crippen molar-refractivity contribution in [1.82, 2.24) is 20.2 Å². The van der Waals surface area contributed by atoms with Crippen LogP contribution in [0, 0.1) is 11.8 Å². The summed E-state index contributed by atoms with van der Waals surface area (Å²) >= 11 is 0. The molecule has 0 aliphatic rings. The van der Waals surface area contributed by atoms with Crippen molar-refractivity contribution < 1.29 is 27.8 Å². The van der Waals surface area contributed by atoms with Gasteiger partial charge in [0.1, 0.15) is 23.2 Å². The number of carbonyl (C=O) groups excluding carboxylic acids is 2. The highest BCUT2D eigenvalue weighted by molar-refractivity contribution is 5.85. The minimum absolute atomic E-state index is 0.0209. The van der Waals surface area contributed by atoms with Crippen LogP contribution in [-0.4, -0.2) is 65.3 Å². The van der Waals surface area contributed by atoms with Crippen LogP contribution in [0.5, 0.6) is 5.75 Å². The summed E-state index contributed by atoms with van der Waals surface area (Å²) < 4.78 is 34.7. The van der Waals surface area contributed by atoms with Crippen LogP contribution >= 0.6 is 0 Å². The number of hydrogen-bond donors (Lipinski definition) is 3. The van der Waals surface area contributed by atoms with Crippen LogP contribution in [-0.2, 0) is 9.53 Å². The van der Waals surface area contributed by atoms with E-state index < -0.39 is 24.3 Å². The Morgan fingerprint density at radius 2 is 1.95 bits per heavy atom. The largest absolute Gasteiger partial charge is 0.444 e. The fraction of sp³-hybridized carbons (Fsp3) is 0.500. The summed E-state index contributed by atoms with van der Waals surface area (Å²) in [7, 11) is 1.52. The highest BCUT2D eigenvalue weighted by atomic mass is 19.3. The fourth-order valence-corrected chi connectivity index (χ4v) is 3.15. The van der Waals surface area contributed by atoms with E-state index in [1.165, 1.54) is 24.1 Å². The Hall–Kier alpha value is -4.14. The predicted octanol–water partition coefficient (Wildman–Crippen LogP) is 5.15. The molecule has 2 amide bonds. The van der Waals surface area contributed by atoms with Gasteiger partial charge in [0, 0.05) is 38.3 Å². The number of carbonyl (C=O) groups is 2. The van der Waals surface area contributed by atoms with Crippen LogP contribution in [0.1, 0.15) is 59.4 Å². The number of hydrogen-bond acceptors (Lipinski definition) is 8. The molecule has 0 unspecified atom stereocenters. The number of halogens is 2.